The van der Waals surface area contributed by atoms with Crippen LogP contribution in [0.3, 0.4) is 0 Å². The summed E-state index contributed by atoms with van der Waals surface area (Å²) in [6.07, 6.45) is -4.39. The van der Waals surface area contributed by atoms with Gasteiger partial charge in [0.15, 0.2) is 18.2 Å². The lowest BCUT2D eigenvalue weighted by Crippen LogP contribution is -2.51. The van der Waals surface area contributed by atoms with Crippen molar-refractivity contribution in [2.45, 2.75) is 24.1 Å². The lowest BCUT2D eigenvalue weighted by atomic mass is 9.97. The number of carbonyl (C=O) groups excluding carboxylic acids is 1. The minimum absolute atomic E-state index is 0.252. The number of aliphatic hydroxyl groups is 4. The molecule has 0 aromatic carbocycles. The molecule has 1 aliphatic rings. The molecule has 0 aliphatic carbocycles. The van der Waals surface area contributed by atoms with Crippen LogP contribution >= 0.6 is 0 Å². The van der Waals surface area contributed by atoms with Crippen molar-refractivity contribution in [3.63, 3.8) is 0 Å². The zero-order chi connectivity index (χ0) is 9.35. The van der Waals surface area contributed by atoms with E-state index in [9.17, 15) is 9.90 Å². The van der Waals surface area contributed by atoms with Crippen molar-refractivity contribution in [2.24, 2.45) is 0 Å². The maximum atomic E-state index is 10.2. The Morgan fingerprint density at radius 1 is 1.50 bits per heavy atom. The molecule has 4 atom stereocenters. The van der Waals surface area contributed by atoms with E-state index in [-0.39, 0.29) is 6.29 Å². The highest BCUT2D eigenvalue weighted by molar-refractivity contribution is 5.58. The standard InChI is InChI=1S/C6H10O6/c7-1-3-4(9)6(11,2-8)5(10)12-3/h1,3-5,8-11H,2H2. The number of ether oxygens (including phenoxy) is 1. The van der Waals surface area contributed by atoms with E-state index in [1.807, 2.05) is 0 Å². The van der Waals surface area contributed by atoms with Gasteiger partial charge in [-0.2, -0.15) is 0 Å². The lowest BCUT2D eigenvalue weighted by molar-refractivity contribution is -0.189. The van der Waals surface area contributed by atoms with Gasteiger partial charge in [-0.15, -0.1) is 0 Å². The van der Waals surface area contributed by atoms with Gasteiger partial charge in [0.2, 0.25) is 0 Å². The van der Waals surface area contributed by atoms with E-state index in [4.69, 9.17) is 15.3 Å². The molecule has 1 aliphatic heterocycles. The fourth-order valence-electron chi connectivity index (χ4n) is 1.05. The molecule has 1 rings (SSSR count). The molecule has 0 saturated carbocycles. The van der Waals surface area contributed by atoms with E-state index >= 15 is 0 Å². The van der Waals surface area contributed by atoms with Crippen LogP contribution in [0.2, 0.25) is 0 Å². The van der Waals surface area contributed by atoms with E-state index < -0.39 is 30.7 Å². The Labute approximate surface area is 68.0 Å². The molecule has 0 amide bonds. The first-order valence-corrected chi connectivity index (χ1v) is 3.36. The molecule has 6 heteroatoms. The average molecular weight is 178 g/mol. The third kappa shape index (κ3) is 1.13. The Bertz CT molecular complexity index is 183. The highest BCUT2D eigenvalue weighted by Crippen LogP contribution is 2.28. The number of aldehydes is 1. The van der Waals surface area contributed by atoms with Crippen LogP contribution in [0.5, 0.6) is 0 Å². The van der Waals surface area contributed by atoms with Gasteiger partial charge in [-0.1, -0.05) is 0 Å². The monoisotopic (exact) mass is 178 g/mol. The third-order valence-corrected chi connectivity index (χ3v) is 1.92. The molecule has 6 nitrogen and oxygen atoms in total. The van der Waals surface area contributed by atoms with Crippen LogP contribution in [0, 0.1) is 0 Å². The van der Waals surface area contributed by atoms with E-state index in [2.05, 4.69) is 4.74 Å². The molecular weight excluding hydrogens is 168 g/mol. The summed E-state index contributed by atoms with van der Waals surface area (Å²) in [7, 11) is 0. The zero-order valence-corrected chi connectivity index (χ0v) is 6.12. The number of carbonyl (C=O) groups is 1. The number of rotatable bonds is 2. The van der Waals surface area contributed by atoms with Crippen LogP contribution in [-0.4, -0.2) is 57.4 Å². The van der Waals surface area contributed by atoms with Crippen molar-refractivity contribution in [3.05, 3.63) is 0 Å². The Morgan fingerprint density at radius 3 is 2.33 bits per heavy atom. The summed E-state index contributed by atoms with van der Waals surface area (Å²) in [6, 6.07) is 0. The second-order valence-corrected chi connectivity index (χ2v) is 2.68. The van der Waals surface area contributed by atoms with Crippen LogP contribution < -0.4 is 0 Å². The first kappa shape index (κ1) is 9.56. The number of hydrogen-bond acceptors (Lipinski definition) is 6. The van der Waals surface area contributed by atoms with Crippen LogP contribution in [0.4, 0.5) is 0 Å². The van der Waals surface area contributed by atoms with Crippen molar-refractivity contribution < 1.29 is 30.0 Å². The highest BCUT2D eigenvalue weighted by Gasteiger charge is 2.54. The fraction of sp³-hybridized carbons (Fsp3) is 0.833. The molecule has 0 spiro atoms. The Kier molecular flexibility index (Phi) is 2.45. The molecule has 70 valence electrons. The molecule has 0 radical (unpaired) electrons. The first-order valence-electron chi connectivity index (χ1n) is 3.36. The van der Waals surface area contributed by atoms with Gasteiger partial charge in [0.1, 0.15) is 12.2 Å². The molecule has 1 heterocycles. The summed E-state index contributed by atoms with van der Waals surface area (Å²) in [5.74, 6) is 0. The minimum atomic E-state index is -2.16. The number of aliphatic hydroxyl groups excluding tert-OH is 3. The zero-order valence-electron chi connectivity index (χ0n) is 6.12. The Balaban J connectivity index is 2.83. The molecule has 0 aromatic rings. The molecular formula is C6H10O6. The van der Waals surface area contributed by atoms with Gasteiger partial charge in [0, 0.05) is 0 Å². The van der Waals surface area contributed by atoms with Gasteiger partial charge in [-0.25, -0.2) is 0 Å². The van der Waals surface area contributed by atoms with E-state index in [0.717, 1.165) is 0 Å². The van der Waals surface area contributed by atoms with Crippen molar-refractivity contribution >= 4 is 6.29 Å². The van der Waals surface area contributed by atoms with Gasteiger partial charge in [-0.3, -0.25) is 0 Å². The predicted octanol–water partition coefficient (Wildman–Crippen LogP) is -3.01. The summed E-state index contributed by atoms with van der Waals surface area (Å²) < 4.78 is 4.46. The van der Waals surface area contributed by atoms with Gasteiger partial charge < -0.3 is 30.0 Å². The molecule has 4 N–H and O–H groups in total. The Morgan fingerprint density at radius 2 is 2.08 bits per heavy atom. The van der Waals surface area contributed by atoms with Crippen LogP contribution in [0.1, 0.15) is 0 Å². The van der Waals surface area contributed by atoms with E-state index in [1.165, 1.54) is 0 Å². The smallest absolute Gasteiger partial charge is 0.189 e. The van der Waals surface area contributed by atoms with Crippen molar-refractivity contribution in [2.75, 3.05) is 6.61 Å². The molecule has 1 fully saturated rings. The molecule has 0 aromatic heterocycles. The van der Waals surface area contributed by atoms with Crippen molar-refractivity contribution in [1.82, 2.24) is 0 Å². The lowest BCUT2D eigenvalue weighted by Gasteiger charge is -2.24. The summed E-state index contributed by atoms with van der Waals surface area (Å²) in [5.41, 5.74) is -2.16. The number of hydrogen-bond donors (Lipinski definition) is 4. The summed E-state index contributed by atoms with van der Waals surface area (Å²) in [6.45, 7) is -0.875. The second-order valence-electron chi connectivity index (χ2n) is 2.68. The van der Waals surface area contributed by atoms with Crippen molar-refractivity contribution in [3.8, 4) is 0 Å². The van der Waals surface area contributed by atoms with Crippen LogP contribution in [0.15, 0.2) is 0 Å². The Hall–Kier alpha value is -0.530. The predicted molar refractivity (Wildman–Crippen MR) is 35.0 cm³/mol. The summed E-state index contributed by atoms with van der Waals surface area (Å²) in [5, 5.41) is 36.0. The molecule has 4 unspecified atom stereocenters. The second kappa shape index (κ2) is 3.08. The van der Waals surface area contributed by atoms with Gasteiger partial charge in [0.05, 0.1) is 6.61 Å². The fourth-order valence-corrected chi connectivity index (χ4v) is 1.05. The van der Waals surface area contributed by atoms with Crippen LogP contribution in [0.25, 0.3) is 0 Å². The quantitative estimate of drug-likeness (QED) is 0.335. The SMILES string of the molecule is O=CC1OC(O)C(O)(CO)C1O. The molecule has 12 heavy (non-hydrogen) atoms. The van der Waals surface area contributed by atoms with E-state index in [0.29, 0.717) is 0 Å². The van der Waals surface area contributed by atoms with Gasteiger partial charge in [0.25, 0.3) is 0 Å². The van der Waals surface area contributed by atoms with Gasteiger partial charge >= 0.3 is 0 Å². The normalized spacial score (nSPS) is 47.8. The maximum absolute atomic E-state index is 10.2. The maximum Gasteiger partial charge on any atom is 0.189 e. The summed E-state index contributed by atoms with van der Waals surface area (Å²) >= 11 is 0. The summed E-state index contributed by atoms with van der Waals surface area (Å²) in [4.78, 5) is 10.2. The van der Waals surface area contributed by atoms with Crippen molar-refractivity contribution in [1.29, 1.82) is 0 Å². The topological polar surface area (TPSA) is 107 Å². The molecule has 0 bridgehead atoms. The highest BCUT2D eigenvalue weighted by atomic mass is 16.7. The van der Waals surface area contributed by atoms with Crippen LogP contribution in [-0.2, 0) is 9.53 Å². The average Bonchev–Trinajstić information content (AvgIpc) is 2.30. The van der Waals surface area contributed by atoms with Gasteiger partial charge in [-0.05, 0) is 0 Å². The molecule has 1 saturated heterocycles. The minimum Gasteiger partial charge on any atom is -0.393 e. The first-order chi connectivity index (χ1) is 5.56. The largest absolute Gasteiger partial charge is 0.393 e. The third-order valence-electron chi connectivity index (χ3n) is 1.92. The van der Waals surface area contributed by atoms with E-state index in [1.54, 1.807) is 0 Å².